The van der Waals surface area contributed by atoms with Crippen LogP contribution in [0.25, 0.3) is 0 Å². The van der Waals surface area contributed by atoms with Gasteiger partial charge in [0, 0.05) is 22.3 Å². The first-order valence-electron chi connectivity index (χ1n) is 8.99. The first-order chi connectivity index (χ1) is 9.92. The van der Waals surface area contributed by atoms with Gasteiger partial charge < -0.3 is 5.11 Å². The standard InChI is InChI=1S/C18H30O2S/c1-17-11-21(20)10-8-12(17)3-4-13-14-7-9-18(2,19)16(14)6-5-15(13)17/h12-16,19H,3-11H2,1-2H3/t12-,13?,14?,15?,16?,17?,18-,21?/m0/s1. The van der Waals surface area contributed by atoms with Crippen molar-refractivity contribution in [3.05, 3.63) is 0 Å². The summed E-state index contributed by atoms with van der Waals surface area (Å²) < 4.78 is 12.2. The second-order valence-corrected chi connectivity index (χ2v) is 10.4. The molecule has 0 aromatic rings. The summed E-state index contributed by atoms with van der Waals surface area (Å²) in [4.78, 5) is 0. The SMILES string of the molecule is CC12CS(=O)CC[C@@H]1CCC1C3CC[C@](C)(O)C3CCC12. The molecule has 2 nitrogen and oxygen atoms in total. The first-order valence-corrected chi connectivity index (χ1v) is 10.5. The molecule has 0 aromatic carbocycles. The van der Waals surface area contributed by atoms with Crippen molar-refractivity contribution < 1.29 is 9.32 Å². The van der Waals surface area contributed by atoms with Gasteiger partial charge in [-0.2, -0.15) is 0 Å². The van der Waals surface area contributed by atoms with Gasteiger partial charge in [0.2, 0.25) is 0 Å². The quantitative estimate of drug-likeness (QED) is 0.745. The highest BCUT2D eigenvalue weighted by atomic mass is 32.2. The van der Waals surface area contributed by atoms with Crippen LogP contribution in [0.2, 0.25) is 0 Å². The van der Waals surface area contributed by atoms with Gasteiger partial charge in [-0.3, -0.25) is 4.21 Å². The zero-order chi connectivity index (χ0) is 14.8. The van der Waals surface area contributed by atoms with Crippen molar-refractivity contribution in [1.29, 1.82) is 0 Å². The lowest BCUT2D eigenvalue weighted by Crippen LogP contribution is -2.54. The fraction of sp³-hybridized carbons (Fsp3) is 1.00. The summed E-state index contributed by atoms with van der Waals surface area (Å²) in [6.45, 7) is 4.53. The van der Waals surface area contributed by atoms with Crippen molar-refractivity contribution in [3.63, 3.8) is 0 Å². The lowest BCUT2D eigenvalue weighted by molar-refractivity contribution is -0.0856. The number of fused-ring (bicyclic) bond motifs is 5. The summed E-state index contributed by atoms with van der Waals surface area (Å²) in [5.74, 6) is 5.56. The summed E-state index contributed by atoms with van der Waals surface area (Å²) in [7, 11) is -0.584. The maximum Gasteiger partial charge on any atom is 0.0650 e. The molecule has 1 saturated heterocycles. The van der Waals surface area contributed by atoms with Gasteiger partial charge in [0.25, 0.3) is 0 Å². The first kappa shape index (κ1) is 14.7. The van der Waals surface area contributed by atoms with Crippen LogP contribution in [-0.4, -0.2) is 26.4 Å². The van der Waals surface area contributed by atoms with E-state index in [4.69, 9.17) is 0 Å². The highest BCUT2D eigenvalue weighted by Crippen LogP contribution is 2.62. The minimum Gasteiger partial charge on any atom is -0.390 e. The molecule has 0 amide bonds. The molecule has 1 heterocycles. The van der Waals surface area contributed by atoms with E-state index in [1.165, 1.54) is 38.5 Å². The molecule has 4 rings (SSSR count). The molecule has 0 spiro atoms. The molecule has 1 aliphatic heterocycles. The molecule has 120 valence electrons. The van der Waals surface area contributed by atoms with Gasteiger partial charge in [-0.1, -0.05) is 6.92 Å². The summed E-state index contributed by atoms with van der Waals surface area (Å²) in [5.41, 5.74) is -0.0891. The van der Waals surface area contributed by atoms with E-state index >= 15 is 0 Å². The Morgan fingerprint density at radius 2 is 1.67 bits per heavy atom. The Balaban J connectivity index is 1.63. The molecule has 6 unspecified atom stereocenters. The Morgan fingerprint density at radius 1 is 0.952 bits per heavy atom. The van der Waals surface area contributed by atoms with E-state index < -0.39 is 16.4 Å². The number of rotatable bonds is 0. The minimum absolute atomic E-state index is 0.325. The zero-order valence-electron chi connectivity index (χ0n) is 13.5. The van der Waals surface area contributed by atoms with Crippen LogP contribution in [0, 0.1) is 35.0 Å². The predicted molar refractivity (Wildman–Crippen MR) is 86.4 cm³/mol. The second-order valence-electron chi connectivity index (χ2n) is 8.87. The Kier molecular flexibility index (Phi) is 3.36. The van der Waals surface area contributed by atoms with Crippen LogP contribution in [0.15, 0.2) is 0 Å². The fourth-order valence-corrected chi connectivity index (χ4v) is 8.70. The van der Waals surface area contributed by atoms with Gasteiger partial charge in [-0.25, -0.2) is 0 Å². The minimum atomic E-state index is -0.584. The summed E-state index contributed by atoms with van der Waals surface area (Å²) in [6.07, 6.45) is 8.60. The Morgan fingerprint density at radius 3 is 2.48 bits per heavy atom. The van der Waals surface area contributed by atoms with E-state index in [-0.39, 0.29) is 0 Å². The summed E-state index contributed by atoms with van der Waals surface area (Å²) in [6, 6.07) is 0. The zero-order valence-corrected chi connectivity index (χ0v) is 14.3. The van der Waals surface area contributed by atoms with E-state index in [0.29, 0.717) is 11.3 Å². The second kappa shape index (κ2) is 4.80. The molecule has 4 fully saturated rings. The van der Waals surface area contributed by atoms with E-state index in [1.54, 1.807) is 0 Å². The summed E-state index contributed by atoms with van der Waals surface area (Å²) in [5, 5.41) is 10.7. The lowest BCUT2D eigenvalue weighted by atomic mass is 9.50. The highest BCUT2D eigenvalue weighted by molar-refractivity contribution is 7.85. The average Bonchev–Trinajstić information content (AvgIpc) is 2.74. The predicted octanol–water partition coefficient (Wildman–Crippen LogP) is 3.36. The molecular weight excluding hydrogens is 280 g/mol. The Labute approximate surface area is 131 Å². The lowest BCUT2D eigenvalue weighted by Gasteiger charge is -2.58. The van der Waals surface area contributed by atoms with Crippen molar-refractivity contribution in [1.82, 2.24) is 0 Å². The third-order valence-corrected chi connectivity index (χ3v) is 9.58. The number of hydrogen-bond donors (Lipinski definition) is 1. The molecule has 21 heavy (non-hydrogen) atoms. The van der Waals surface area contributed by atoms with Crippen LogP contribution in [0.4, 0.5) is 0 Å². The van der Waals surface area contributed by atoms with Crippen molar-refractivity contribution in [2.75, 3.05) is 11.5 Å². The monoisotopic (exact) mass is 310 g/mol. The van der Waals surface area contributed by atoms with Gasteiger partial charge in [0.05, 0.1) is 5.60 Å². The molecule has 0 bridgehead atoms. The van der Waals surface area contributed by atoms with Gasteiger partial charge in [-0.15, -0.1) is 0 Å². The molecule has 3 heteroatoms. The Hall–Kier alpha value is 0.110. The average molecular weight is 311 g/mol. The van der Waals surface area contributed by atoms with E-state index in [1.807, 2.05) is 0 Å². The van der Waals surface area contributed by atoms with Crippen LogP contribution in [0.5, 0.6) is 0 Å². The topological polar surface area (TPSA) is 37.3 Å². The van der Waals surface area contributed by atoms with Crippen LogP contribution >= 0.6 is 0 Å². The fourth-order valence-electron chi connectivity index (χ4n) is 6.87. The highest BCUT2D eigenvalue weighted by Gasteiger charge is 2.58. The third kappa shape index (κ3) is 2.09. The van der Waals surface area contributed by atoms with Crippen molar-refractivity contribution in [3.8, 4) is 0 Å². The van der Waals surface area contributed by atoms with E-state index in [2.05, 4.69) is 13.8 Å². The Bertz CT molecular complexity index is 460. The molecule has 3 aliphatic carbocycles. The van der Waals surface area contributed by atoms with Crippen molar-refractivity contribution in [2.45, 2.75) is 64.4 Å². The number of aliphatic hydroxyl groups is 1. The van der Waals surface area contributed by atoms with Crippen LogP contribution < -0.4 is 0 Å². The smallest absolute Gasteiger partial charge is 0.0650 e. The van der Waals surface area contributed by atoms with Crippen LogP contribution in [0.1, 0.15) is 58.8 Å². The molecular formula is C18H30O2S. The maximum atomic E-state index is 12.2. The maximum absolute atomic E-state index is 12.2. The third-order valence-electron chi connectivity index (χ3n) is 7.95. The van der Waals surface area contributed by atoms with Crippen LogP contribution in [-0.2, 0) is 10.8 Å². The largest absolute Gasteiger partial charge is 0.390 e. The van der Waals surface area contributed by atoms with Gasteiger partial charge in [0.1, 0.15) is 0 Å². The van der Waals surface area contributed by atoms with E-state index in [0.717, 1.165) is 41.6 Å². The molecule has 0 aromatic heterocycles. The normalized spacial score (nSPS) is 60.0. The van der Waals surface area contributed by atoms with Gasteiger partial charge in [0.15, 0.2) is 0 Å². The number of hydrogen-bond acceptors (Lipinski definition) is 2. The molecule has 8 atom stereocenters. The molecule has 4 aliphatic rings. The molecule has 3 saturated carbocycles. The summed E-state index contributed by atoms with van der Waals surface area (Å²) >= 11 is 0. The van der Waals surface area contributed by atoms with E-state index in [9.17, 15) is 9.32 Å². The molecule has 1 N–H and O–H groups in total. The van der Waals surface area contributed by atoms with Crippen LogP contribution in [0.3, 0.4) is 0 Å². The van der Waals surface area contributed by atoms with Gasteiger partial charge in [-0.05, 0) is 86.9 Å². The van der Waals surface area contributed by atoms with Crippen molar-refractivity contribution >= 4 is 10.8 Å². The molecule has 0 radical (unpaired) electrons. The van der Waals surface area contributed by atoms with Gasteiger partial charge >= 0.3 is 0 Å². The van der Waals surface area contributed by atoms with Crippen molar-refractivity contribution in [2.24, 2.45) is 35.0 Å².